The van der Waals surface area contributed by atoms with Crippen molar-refractivity contribution >= 4 is 5.91 Å². The number of carbonyl (C=O) groups excluding carboxylic acids is 1. The van der Waals surface area contributed by atoms with Gasteiger partial charge in [-0.2, -0.15) is 5.10 Å². The largest absolute Gasteiger partial charge is 0.383 e. The number of nitrogens with one attached hydrogen (secondary N) is 1. The standard InChI is InChI=1S/C20H25N3O3/c1-26-10-9-23-13-16-7-4-8-17(18(16)22-23)21-19(24)20(25)11-14-5-2-3-6-15(14)12-20/h2-3,5-6,13,17,25H,4,7-12H2,1H3,(H,21,24). The van der Waals surface area contributed by atoms with Crippen LogP contribution in [-0.4, -0.2) is 40.1 Å². The first-order valence-electron chi connectivity index (χ1n) is 9.24. The molecule has 138 valence electrons. The van der Waals surface area contributed by atoms with Gasteiger partial charge < -0.3 is 15.2 Å². The summed E-state index contributed by atoms with van der Waals surface area (Å²) in [6, 6.07) is 7.72. The minimum absolute atomic E-state index is 0.136. The van der Waals surface area contributed by atoms with E-state index < -0.39 is 5.60 Å². The number of aromatic nitrogens is 2. The van der Waals surface area contributed by atoms with Crippen molar-refractivity contribution in [3.63, 3.8) is 0 Å². The van der Waals surface area contributed by atoms with Gasteiger partial charge in [-0.1, -0.05) is 24.3 Å². The first-order chi connectivity index (χ1) is 12.6. The van der Waals surface area contributed by atoms with Crippen LogP contribution in [0.15, 0.2) is 30.5 Å². The van der Waals surface area contributed by atoms with Gasteiger partial charge in [0.25, 0.3) is 5.91 Å². The van der Waals surface area contributed by atoms with E-state index in [9.17, 15) is 9.90 Å². The molecule has 2 aliphatic rings. The SMILES string of the molecule is COCCn1cc2c(n1)C(NC(=O)C1(O)Cc3ccccc3C1)CCC2. The van der Waals surface area contributed by atoms with Gasteiger partial charge in [-0.3, -0.25) is 9.48 Å². The first kappa shape index (κ1) is 17.2. The molecule has 1 aromatic heterocycles. The topological polar surface area (TPSA) is 76.4 Å². The second kappa shape index (κ2) is 6.85. The van der Waals surface area contributed by atoms with E-state index in [-0.39, 0.29) is 11.9 Å². The van der Waals surface area contributed by atoms with Crippen molar-refractivity contribution in [2.24, 2.45) is 0 Å². The number of aliphatic hydroxyl groups is 1. The zero-order valence-electron chi connectivity index (χ0n) is 15.1. The monoisotopic (exact) mass is 355 g/mol. The Morgan fingerprint density at radius 3 is 2.77 bits per heavy atom. The molecular weight excluding hydrogens is 330 g/mol. The van der Waals surface area contributed by atoms with Gasteiger partial charge in [0.2, 0.25) is 0 Å². The van der Waals surface area contributed by atoms with Crippen molar-refractivity contribution in [1.29, 1.82) is 0 Å². The number of fused-ring (bicyclic) bond motifs is 2. The Kier molecular flexibility index (Phi) is 4.54. The van der Waals surface area contributed by atoms with Crippen molar-refractivity contribution in [3.8, 4) is 0 Å². The van der Waals surface area contributed by atoms with Gasteiger partial charge in [-0.15, -0.1) is 0 Å². The molecule has 1 amide bonds. The number of rotatable bonds is 5. The number of methoxy groups -OCH3 is 1. The lowest BCUT2D eigenvalue weighted by Gasteiger charge is -2.27. The summed E-state index contributed by atoms with van der Waals surface area (Å²) < 4.78 is 7.00. The Bertz CT molecular complexity index is 789. The van der Waals surface area contributed by atoms with Crippen LogP contribution in [-0.2, 0) is 35.3 Å². The third-order valence-corrected chi connectivity index (χ3v) is 5.48. The fraction of sp³-hybridized carbons (Fsp3) is 0.500. The lowest BCUT2D eigenvalue weighted by atomic mass is 9.92. The van der Waals surface area contributed by atoms with Gasteiger partial charge in [0.05, 0.1) is 24.9 Å². The van der Waals surface area contributed by atoms with Crippen molar-refractivity contribution in [3.05, 3.63) is 52.8 Å². The van der Waals surface area contributed by atoms with Crippen molar-refractivity contribution in [1.82, 2.24) is 15.1 Å². The van der Waals surface area contributed by atoms with E-state index in [1.807, 2.05) is 35.1 Å². The fourth-order valence-electron chi connectivity index (χ4n) is 4.09. The molecule has 0 radical (unpaired) electrons. The fourth-order valence-corrected chi connectivity index (χ4v) is 4.09. The molecule has 6 heteroatoms. The van der Waals surface area contributed by atoms with E-state index in [1.54, 1.807) is 7.11 Å². The van der Waals surface area contributed by atoms with Crippen molar-refractivity contribution in [2.75, 3.05) is 13.7 Å². The van der Waals surface area contributed by atoms with Crippen LogP contribution in [0.25, 0.3) is 0 Å². The van der Waals surface area contributed by atoms with Gasteiger partial charge in [-0.05, 0) is 36.0 Å². The first-order valence-corrected chi connectivity index (χ1v) is 9.24. The molecule has 2 N–H and O–H groups in total. The molecule has 0 saturated heterocycles. The summed E-state index contributed by atoms with van der Waals surface area (Å²) in [6.45, 7) is 1.30. The second-order valence-corrected chi connectivity index (χ2v) is 7.37. The Hall–Kier alpha value is -2.18. The number of hydrogen-bond donors (Lipinski definition) is 2. The van der Waals surface area contributed by atoms with Crippen LogP contribution in [0.1, 0.15) is 41.3 Å². The summed E-state index contributed by atoms with van der Waals surface area (Å²) in [4.78, 5) is 12.9. The third-order valence-electron chi connectivity index (χ3n) is 5.48. The molecule has 1 aromatic carbocycles. The molecule has 1 unspecified atom stereocenters. The van der Waals surface area contributed by atoms with Gasteiger partial charge in [0.1, 0.15) is 0 Å². The average Bonchev–Trinajstić information content (AvgIpc) is 3.21. The molecular formula is C20H25N3O3. The molecule has 2 aliphatic carbocycles. The van der Waals surface area contributed by atoms with Crippen LogP contribution in [0.5, 0.6) is 0 Å². The van der Waals surface area contributed by atoms with E-state index in [0.29, 0.717) is 26.0 Å². The Labute approximate surface area is 153 Å². The maximum atomic E-state index is 12.9. The summed E-state index contributed by atoms with van der Waals surface area (Å²) in [6.07, 6.45) is 5.63. The number of nitrogens with zero attached hydrogens (tertiary/aromatic N) is 2. The summed E-state index contributed by atoms with van der Waals surface area (Å²) in [5.74, 6) is -0.294. The minimum Gasteiger partial charge on any atom is -0.383 e. The highest BCUT2D eigenvalue weighted by atomic mass is 16.5. The normalized spacial score (nSPS) is 20.5. The molecule has 0 fully saturated rings. The summed E-state index contributed by atoms with van der Waals surface area (Å²) >= 11 is 0. The smallest absolute Gasteiger partial charge is 0.253 e. The van der Waals surface area contributed by atoms with E-state index in [0.717, 1.165) is 36.1 Å². The zero-order chi connectivity index (χ0) is 18.1. The van der Waals surface area contributed by atoms with Gasteiger partial charge in [0.15, 0.2) is 5.60 Å². The number of ether oxygens (including phenoxy) is 1. The zero-order valence-corrected chi connectivity index (χ0v) is 15.1. The van der Waals surface area contributed by atoms with Crippen LogP contribution < -0.4 is 5.32 Å². The summed E-state index contributed by atoms with van der Waals surface area (Å²) in [7, 11) is 1.67. The van der Waals surface area contributed by atoms with Crippen LogP contribution in [0.4, 0.5) is 0 Å². The van der Waals surface area contributed by atoms with Crippen molar-refractivity contribution in [2.45, 2.75) is 50.3 Å². The predicted octanol–water partition coefficient (Wildman–Crippen LogP) is 1.55. The number of hydrogen-bond acceptors (Lipinski definition) is 4. The minimum atomic E-state index is -1.36. The molecule has 26 heavy (non-hydrogen) atoms. The Balaban J connectivity index is 1.48. The summed E-state index contributed by atoms with van der Waals surface area (Å²) in [5.41, 5.74) is 2.86. The molecule has 0 aliphatic heterocycles. The molecule has 6 nitrogen and oxygen atoms in total. The Morgan fingerprint density at radius 2 is 2.08 bits per heavy atom. The third kappa shape index (κ3) is 3.15. The van der Waals surface area contributed by atoms with Crippen LogP contribution in [0.3, 0.4) is 0 Å². The second-order valence-electron chi connectivity index (χ2n) is 7.37. The number of amides is 1. The lowest BCUT2D eigenvalue weighted by Crippen LogP contribution is -2.49. The molecule has 0 spiro atoms. The molecule has 0 saturated carbocycles. The average molecular weight is 355 g/mol. The van der Waals surface area contributed by atoms with Crippen LogP contribution in [0.2, 0.25) is 0 Å². The molecule has 1 heterocycles. The molecule has 2 aromatic rings. The van der Waals surface area contributed by atoms with E-state index in [4.69, 9.17) is 4.74 Å². The van der Waals surface area contributed by atoms with Gasteiger partial charge in [0, 0.05) is 26.1 Å². The predicted molar refractivity (Wildman–Crippen MR) is 96.7 cm³/mol. The maximum Gasteiger partial charge on any atom is 0.253 e. The number of aryl methyl sites for hydroxylation is 1. The van der Waals surface area contributed by atoms with E-state index in [1.165, 1.54) is 5.56 Å². The molecule has 0 bridgehead atoms. The van der Waals surface area contributed by atoms with Crippen LogP contribution in [0, 0.1) is 0 Å². The number of carbonyl (C=O) groups is 1. The molecule has 1 atom stereocenters. The highest BCUT2D eigenvalue weighted by Gasteiger charge is 2.43. The highest BCUT2D eigenvalue weighted by molar-refractivity contribution is 5.87. The summed E-state index contributed by atoms with van der Waals surface area (Å²) in [5, 5.41) is 18.6. The van der Waals surface area contributed by atoms with E-state index in [2.05, 4.69) is 10.4 Å². The van der Waals surface area contributed by atoms with Crippen LogP contribution >= 0.6 is 0 Å². The lowest BCUT2D eigenvalue weighted by molar-refractivity contribution is -0.139. The Morgan fingerprint density at radius 1 is 1.35 bits per heavy atom. The molecule has 4 rings (SSSR count). The van der Waals surface area contributed by atoms with Crippen molar-refractivity contribution < 1.29 is 14.6 Å². The number of benzene rings is 1. The quantitative estimate of drug-likeness (QED) is 0.853. The maximum absolute atomic E-state index is 12.9. The van der Waals surface area contributed by atoms with Gasteiger partial charge in [-0.25, -0.2) is 0 Å². The van der Waals surface area contributed by atoms with Gasteiger partial charge >= 0.3 is 0 Å². The highest BCUT2D eigenvalue weighted by Crippen LogP contribution is 2.33. The van der Waals surface area contributed by atoms with E-state index >= 15 is 0 Å².